The molecule has 1 aromatic carbocycles. The molecule has 0 radical (unpaired) electrons. The molecule has 1 atom stereocenters. The summed E-state index contributed by atoms with van der Waals surface area (Å²) in [7, 11) is 0. The van der Waals surface area contributed by atoms with Crippen LogP contribution >= 0.6 is 0 Å². The summed E-state index contributed by atoms with van der Waals surface area (Å²) in [5, 5.41) is 0. The highest BCUT2D eigenvalue weighted by molar-refractivity contribution is 5.68. The lowest BCUT2D eigenvalue weighted by atomic mass is 10.0. The summed E-state index contributed by atoms with van der Waals surface area (Å²) in [6.45, 7) is 7.89. The number of amides is 1. The summed E-state index contributed by atoms with van der Waals surface area (Å²) in [5.74, 6) is 0. The van der Waals surface area contributed by atoms with E-state index < -0.39 is 17.3 Å². The molecule has 0 spiro atoms. The quantitative estimate of drug-likeness (QED) is 0.884. The normalized spacial score (nSPS) is 17.9. The molecule has 1 aliphatic heterocycles. The van der Waals surface area contributed by atoms with Gasteiger partial charge in [-0.2, -0.15) is 13.2 Å². The Labute approximate surface area is 151 Å². The van der Waals surface area contributed by atoms with Gasteiger partial charge in [-0.25, -0.2) is 4.79 Å². The maximum absolute atomic E-state index is 12.7. The highest BCUT2D eigenvalue weighted by Crippen LogP contribution is 2.31. The average molecular weight is 373 g/mol. The molecule has 1 amide bonds. The maximum Gasteiger partial charge on any atom is 0.416 e. The van der Waals surface area contributed by atoms with Crippen molar-refractivity contribution in [3.63, 3.8) is 0 Å². The number of nitrogens with zero attached hydrogens (tertiary/aromatic N) is 2. The van der Waals surface area contributed by atoms with Crippen molar-refractivity contribution in [1.29, 1.82) is 0 Å². The molecule has 146 valence electrons. The number of alkyl halides is 3. The molecule has 1 aromatic rings. The van der Waals surface area contributed by atoms with Gasteiger partial charge in [-0.15, -0.1) is 0 Å². The molecule has 5 nitrogen and oxygen atoms in total. The molecule has 0 aliphatic carbocycles. The van der Waals surface area contributed by atoms with Crippen LogP contribution in [0.1, 0.15) is 37.9 Å². The first-order valence-corrected chi connectivity index (χ1v) is 8.60. The van der Waals surface area contributed by atoms with Crippen LogP contribution in [0.4, 0.5) is 18.0 Å². The standard InChI is InChI=1S/C18H26F3N3O2/c1-17(2,3)26-16(25)24-10-8-23(9-11-24)15(12-22)13-4-6-14(7-5-13)18(19,20)21/h4-7,15H,8-12,22H2,1-3H3/t15-/m1/s1. The summed E-state index contributed by atoms with van der Waals surface area (Å²) in [4.78, 5) is 15.8. The van der Waals surface area contributed by atoms with Crippen LogP contribution < -0.4 is 5.73 Å². The Morgan fingerprint density at radius 1 is 1.12 bits per heavy atom. The Morgan fingerprint density at radius 2 is 1.65 bits per heavy atom. The highest BCUT2D eigenvalue weighted by atomic mass is 19.4. The number of benzene rings is 1. The van der Waals surface area contributed by atoms with Crippen molar-refractivity contribution >= 4 is 6.09 Å². The lowest BCUT2D eigenvalue weighted by Crippen LogP contribution is -2.51. The number of carbonyl (C=O) groups is 1. The molecule has 0 unspecified atom stereocenters. The molecule has 0 saturated carbocycles. The van der Waals surface area contributed by atoms with Crippen LogP contribution in [-0.2, 0) is 10.9 Å². The molecule has 0 bridgehead atoms. The van der Waals surface area contributed by atoms with Crippen molar-refractivity contribution in [3.8, 4) is 0 Å². The van der Waals surface area contributed by atoms with E-state index in [-0.39, 0.29) is 18.7 Å². The zero-order chi connectivity index (χ0) is 19.5. The van der Waals surface area contributed by atoms with Gasteiger partial charge in [0.2, 0.25) is 0 Å². The second kappa shape index (κ2) is 7.84. The minimum Gasteiger partial charge on any atom is -0.444 e. The number of hydrogen-bond donors (Lipinski definition) is 1. The van der Waals surface area contributed by atoms with E-state index in [0.29, 0.717) is 26.2 Å². The molecule has 1 fully saturated rings. The summed E-state index contributed by atoms with van der Waals surface area (Å²) in [6, 6.07) is 4.92. The minimum absolute atomic E-state index is 0.182. The van der Waals surface area contributed by atoms with E-state index in [1.807, 2.05) is 20.8 Å². The van der Waals surface area contributed by atoms with Gasteiger partial charge in [0.1, 0.15) is 5.60 Å². The first-order valence-electron chi connectivity index (χ1n) is 8.60. The van der Waals surface area contributed by atoms with Crippen LogP contribution in [0.25, 0.3) is 0 Å². The number of piperazine rings is 1. The van der Waals surface area contributed by atoms with Gasteiger partial charge >= 0.3 is 12.3 Å². The number of hydrogen-bond acceptors (Lipinski definition) is 4. The molecule has 2 rings (SSSR count). The lowest BCUT2D eigenvalue weighted by molar-refractivity contribution is -0.137. The van der Waals surface area contributed by atoms with Crippen LogP contribution in [0.15, 0.2) is 24.3 Å². The third-order valence-electron chi connectivity index (χ3n) is 4.25. The van der Waals surface area contributed by atoms with Gasteiger partial charge in [0.05, 0.1) is 5.56 Å². The molecule has 1 saturated heterocycles. The van der Waals surface area contributed by atoms with Crippen LogP contribution in [-0.4, -0.2) is 54.2 Å². The number of nitrogens with two attached hydrogens (primary N) is 1. The van der Waals surface area contributed by atoms with Gasteiger partial charge in [0.15, 0.2) is 0 Å². The fourth-order valence-corrected chi connectivity index (χ4v) is 2.93. The molecule has 1 aliphatic rings. The Kier molecular flexibility index (Phi) is 6.18. The van der Waals surface area contributed by atoms with Crippen LogP contribution in [0, 0.1) is 0 Å². The predicted molar refractivity (Wildman–Crippen MR) is 92.6 cm³/mol. The van der Waals surface area contributed by atoms with Gasteiger partial charge in [-0.05, 0) is 38.5 Å². The third kappa shape index (κ3) is 5.35. The van der Waals surface area contributed by atoms with E-state index in [1.54, 1.807) is 4.90 Å². The van der Waals surface area contributed by atoms with Crippen molar-refractivity contribution < 1.29 is 22.7 Å². The number of carbonyl (C=O) groups excluding carboxylic acids is 1. The zero-order valence-electron chi connectivity index (χ0n) is 15.3. The predicted octanol–water partition coefficient (Wildman–Crippen LogP) is 3.26. The van der Waals surface area contributed by atoms with Gasteiger partial charge in [0, 0.05) is 38.8 Å². The molecule has 2 N–H and O–H groups in total. The highest BCUT2D eigenvalue weighted by Gasteiger charge is 2.32. The molecule has 8 heteroatoms. The lowest BCUT2D eigenvalue weighted by Gasteiger charge is -2.39. The van der Waals surface area contributed by atoms with Gasteiger partial charge in [-0.3, -0.25) is 4.90 Å². The van der Waals surface area contributed by atoms with E-state index >= 15 is 0 Å². The molecule has 26 heavy (non-hydrogen) atoms. The Balaban J connectivity index is 1.99. The van der Waals surface area contributed by atoms with E-state index in [0.717, 1.165) is 17.7 Å². The van der Waals surface area contributed by atoms with Crippen molar-refractivity contribution in [2.45, 2.75) is 38.6 Å². The SMILES string of the molecule is CC(C)(C)OC(=O)N1CCN([C@H](CN)c2ccc(C(F)(F)F)cc2)CC1. The van der Waals surface area contributed by atoms with Crippen molar-refractivity contribution in [3.05, 3.63) is 35.4 Å². The molecule has 0 aromatic heterocycles. The maximum atomic E-state index is 12.7. The monoisotopic (exact) mass is 373 g/mol. The minimum atomic E-state index is -4.35. The van der Waals surface area contributed by atoms with Crippen LogP contribution in [0.2, 0.25) is 0 Å². The second-order valence-electron chi connectivity index (χ2n) is 7.37. The Hall–Kier alpha value is -1.80. The second-order valence-corrected chi connectivity index (χ2v) is 7.37. The van der Waals surface area contributed by atoms with Crippen LogP contribution in [0.5, 0.6) is 0 Å². The number of halogens is 3. The number of ether oxygens (including phenoxy) is 1. The van der Waals surface area contributed by atoms with Gasteiger partial charge in [-0.1, -0.05) is 12.1 Å². The largest absolute Gasteiger partial charge is 0.444 e. The zero-order valence-corrected chi connectivity index (χ0v) is 15.3. The summed E-state index contributed by atoms with van der Waals surface area (Å²) < 4.78 is 43.5. The van der Waals surface area contributed by atoms with E-state index in [1.165, 1.54) is 12.1 Å². The van der Waals surface area contributed by atoms with Crippen molar-refractivity contribution in [1.82, 2.24) is 9.80 Å². The third-order valence-corrected chi connectivity index (χ3v) is 4.25. The Morgan fingerprint density at radius 3 is 2.08 bits per heavy atom. The Bertz CT molecular complexity index is 604. The van der Waals surface area contributed by atoms with Gasteiger partial charge < -0.3 is 15.4 Å². The van der Waals surface area contributed by atoms with Crippen molar-refractivity contribution in [2.75, 3.05) is 32.7 Å². The first kappa shape index (κ1) is 20.5. The fraction of sp³-hybridized carbons (Fsp3) is 0.611. The van der Waals surface area contributed by atoms with E-state index in [4.69, 9.17) is 10.5 Å². The summed E-state index contributed by atoms with van der Waals surface area (Å²) in [6.07, 6.45) is -4.70. The fourth-order valence-electron chi connectivity index (χ4n) is 2.93. The summed E-state index contributed by atoms with van der Waals surface area (Å²) >= 11 is 0. The number of rotatable bonds is 3. The van der Waals surface area contributed by atoms with Crippen LogP contribution in [0.3, 0.4) is 0 Å². The first-order chi connectivity index (χ1) is 12.0. The van der Waals surface area contributed by atoms with E-state index in [9.17, 15) is 18.0 Å². The topological polar surface area (TPSA) is 58.8 Å². The van der Waals surface area contributed by atoms with Crippen molar-refractivity contribution in [2.24, 2.45) is 5.73 Å². The summed E-state index contributed by atoms with van der Waals surface area (Å²) in [5.41, 5.74) is 5.39. The average Bonchev–Trinajstić information content (AvgIpc) is 2.54. The van der Waals surface area contributed by atoms with Gasteiger partial charge in [0.25, 0.3) is 0 Å². The molecular weight excluding hydrogens is 347 g/mol. The van der Waals surface area contributed by atoms with E-state index in [2.05, 4.69) is 4.90 Å². The molecular formula is C18H26F3N3O2. The molecule has 1 heterocycles. The smallest absolute Gasteiger partial charge is 0.416 e.